The second-order valence-electron chi connectivity index (χ2n) is 5.61. The number of hydrogen-bond acceptors (Lipinski definition) is 3. The molecule has 1 aliphatic rings. The summed E-state index contributed by atoms with van der Waals surface area (Å²) in [4.78, 5) is 16.9. The SMILES string of the molecule is Cc1nc(-c2ccn[nH]2)ccc1NC(=O)C1C=CCCCC1. The quantitative estimate of drug-likeness (QED) is 0.852. The Hall–Kier alpha value is -2.43. The maximum atomic E-state index is 12.4. The summed E-state index contributed by atoms with van der Waals surface area (Å²) in [7, 11) is 0. The standard InChI is InChI=1S/C17H20N4O/c1-12-14(8-9-15(19-12)16-10-11-18-21-16)20-17(22)13-6-4-2-3-5-7-13/h4,6,8-11,13H,2-3,5,7H2,1H3,(H,18,21)(H,20,22). The van der Waals surface area contributed by atoms with E-state index in [1.807, 2.05) is 31.2 Å². The predicted octanol–water partition coefficient (Wildman–Crippen LogP) is 3.47. The number of aromatic amines is 1. The maximum Gasteiger partial charge on any atom is 0.231 e. The van der Waals surface area contributed by atoms with Gasteiger partial charge in [0.05, 0.1) is 28.7 Å². The number of H-pyrrole nitrogens is 1. The van der Waals surface area contributed by atoms with Crippen molar-refractivity contribution < 1.29 is 4.79 Å². The van der Waals surface area contributed by atoms with E-state index in [0.717, 1.165) is 42.0 Å². The number of amides is 1. The van der Waals surface area contributed by atoms with Gasteiger partial charge in [-0.3, -0.25) is 9.89 Å². The highest BCUT2D eigenvalue weighted by Crippen LogP contribution is 2.22. The number of carbonyl (C=O) groups excluding carboxylic acids is 1. The van der Waals surface area contributed by atoms with Gasteiger partial charge in [-0.2, -0.15) is 5.10 Å². The van der Waals surface area contributed by atoms with Gasteiger partial charge in [-0.05, 0) is 44.4 Å². The highest BCUT2D eigenvalue weighted by Gasteiger charge is 2.17. The van der Waals surface area contributed by atoms with Crippen molar-refractivity contribution in [3.63, 3.8) is 0 Å². The Bertz CT molecular complexity index is 676. The van der Waals surface area contributed by atoms with Crippen LogP contribution in [-0.4, -0.2) is 21.1 Å². The minimum absolute atomic E-state index is 0.0332. The lowest BCUT2D eigenvalue weighted by molar-refractivity contribution is -0.118. The number of nitrogens with zero attached hydrogens (tertiary/aromatic N) is 2. The van der Waals surface area contributed by atoms with Crippen LogP contribution in [-0.2, 0) is 4.79 Å². The lowest BCUT2D eigenvalue weighted by Gasteiger charge is -2.13. The molecule has 1 aliphatic carbocycles. The molecule has 0 bridgehead atoms. The highest BCUT2D eigenvalue weighted by molar-refractivity contribution is 5.94. The molecule has 1 atom stereocenters. The minimum atomic E-state index is -0.0332. The average Bonchev–Trinajstić information content (AvgIpc) is 2.91. The molecule has 0 aliphatic heterocycles. The van der Waals surface area contributed by atoms with Crippen molar-refractivity contribution >= 4 is 11.6 Å². The lowest BCUT2D eigenvalue weighted by atomic mass is 10.0. The van der Waals surface area contributed by atoms with Crippen LogP contribution in [0.2, 0.25) is 0 Å². The van der Waals surface area contributed by atoms with Crippen LogP contribution in [0, 0.1) is 12.8 Å². The molecule has 0 spiro atoms. The molecule has 22 heavy (non-hydrogen) atoms. The van der Waals surface area contributed by atoms with Gasteiger partial charge in [-0.25, -0.2) is 4.98 Å². The summed E-state index contributed by atoms with van der Waals surface area (Å²) in [6, 6.07) is 5.66. The van der Waals surface area contributed by atoms with Gasteiger partial charge >= 0.3 is 0 Å². The molecule has 1 amide bonds. The Morgan fingerprint density at radius 1 is 1.32 bits per heavy atom. The Morgan fingerprint density at radius 2 is 2.23 bits per heavy atom. The van der Waals surface area contributed by atoms with Gasteiger partial charge in [0.25, 0.3) is 0 Å². The van der Waals surface area contributed by atoms with Crippen LogP contribution in [0.15, 0.2) is 36.5 Å². The third-order valence-corrected chi connectivity index (χ3v) is 3.96. The van der Waals surface area contributed by atoms with Crippen molar-refractivity contribution in [2.75, 3.05) is 5.32 Å². The molecule has 5 nitrogen and oxygen atoms in total. The molecule has 0 radical (unpaired) electrons. The van der Waals surface area contributed by atoms with Gasteiger partial charge in [0.2, 0.25) is 5.91 Å². The Kier molecular flexibility index (Phi) is 4.32. The molecule has 114 valence electrons. The van der Waals surface area contributed by atoms with E-state index in [4.69, 9.17) is 0 Å². The van der Waals surface area contributed by atoms with E-state index in [1.54, 1.807) is 6.20 Å². The van der Waals surface area contributed by atoms with Crippen LogP contribution >= 0.6 is 0 Å². The van der Waals surface area contributed by atoms with Crippen LogP contribution in [0.5, 0.6) is 0 Å². The van der Waals surface area contributed by atoms with Gasteiger partial charge in [-0.1, -0.05) is 18.6 Å². The molecule has 1 unspecified atom stereocenters. The molecule has 2 aromatic heterocycles. The molecular formula is C17H20N4O. The summed E-state index contributed by atoms with van der Waals surface area (Å²) in [6.07, 6.45) is 10.1. The lowest BCUT2D eigenvalue weighted by Crippen LogP contribution is -2.21. The van der Waals surface area contributed by atoms with Crippen molar-refractivity contribution in [3.8, 4) is 11.4 Å². The number of carbonyl (C=O) groups is 1. The van der Waals surface area contributed by atoms with Crippen molar-refractivity contribution in [1.29, 1.82) is 0 Å². The number of allylic oxidation sites excluding steroid dienone is 1. The normalized spacial score (nSPS) is 18.0. The van der Waals surface area contributed by atoms with Crippen LogP contribution in [0.25, 0.3) is 11.4 Å². The smallest absolute Gasteiger partial charge is 0.231 e. The van der Waals surface area contributed by atoms with Gasteiger partial charge in [0.1, 0.15) is 0 Å². The van der Waals surface area contributed by atoms with Gasteiger partial charge in [-0.15, -0.1) is 0 Å². The van der Waals surface area contributed by atoms with Crippen LogP contribution in [0.1, 0.15) is 31.4 Å². The third-order valence-electron chi connectivity index (χ3n) is 3.96. The summed E-state index contributed by atoms with van der Waals surface area (Å²) in [5.41, 5.74) is 3.26. The second-order valence-corrected chi connectivity index (χ2v) is 5.61. The van der Waals surface area contributed by atoms with E-state index < -0.39 is 0 Å². The summed E-state index contributed by atoms with van der Waals surface area (Å²) in [5.74, 6) is 0.0199. The van der Waals surface area contributed by atoms with E-state index in [-0.39, 0.29) is 11.8 Å². The minimum Gasteiger partial charge on any atom is -0.324 e. The van der Waals surface area contributed by atoms with Crippen molar-refractivity contribution in [2.24, 2.45) is 5.92 Å². The fraction of sp³-hybridized carbons (Fsp3) is 0.353. The predicted molar refractivity (Wildman–Crippen MR) is 86.3 cm³/mol. The molecule has 2 aromatic rings. The highest BCUT2D eigenvalue weighted by atomic mass is 16.1. The molecule has 0 fully saturated rings. The Labute approximate surface area is 129 Å². The number of hydrogen-bond donors (Lipinski definition) is 2. The number of aryl methyl sites for hydroxylation is 1. The Balaban J connectivity index is 1.73. The largest absolute Gasteiger partial charge is 0.324 e. The number of anilines is 1. The van der Waals surface area contributed by atoms with Crippen LogP contribution in [0.3, 0.4) is 0 Å². The number of nitrogens with one attached hydrogen (secondary N) is 2. The van der Waals surface area contributed by atoms with E-state index in [1.165, 1.54) is 6.42 Å². The topological polar surface area (TPSA) is 70.7 Å². The van der Waals surface area contributed by atoms with E-state index in [2.05, 4.69) is 26.6 Å². The average molecular weight is 296 g/mol. The molecule has 5 heteroatoms. The molecule has 2 heterocycles. The molecule has 0 saturated heterocycles. The number of aromatic nitrogens is 3. The summed E-state index contributed by atoms with van der Waals surface area (Å²) >= 11 is 0. The first kappa shape index (κ1) is 14.5. The zero-order valence-corrected chi connectivity index (χ0v) is 12.7. The van der Waals surface area contributed by atoms with E-state index in [0.29, 0.717) is 0 Å². The first-order valence-corrected chi connectivity index (χ1v) is 7.69. The first-order valence-electron chi connectivity index (χ1n) is 7.69. The molecule has 2 N–H and O–H groups in total. The van der Waals surface area contributed by atoms with Crippen molar-refractivity contribution in [3.05, 3.63) is 42.2 Å². The molecule has 3 rings (SSSR count). The maximum absolute atomic E-state index is 12.4. The van der Waals surface area contributed by atoms with Gasteiger partial charge in [0.15, 0.2) is 0 Å². The molecular weight excluding hydrogens is 276 g/mol. The van der Waals surface area contributed by atoms with Crippen molar-refractivity contribution in [2.45, 2.75) is 32.6 Å². The molecule has 0 aromatic carbocycles. The summed E-state index contributed by atoms with van der Waals surface area (Å²) in [5, 5.41) is 9.82. The van der Waals surface area contributed by atoms with E-state index >= 15 is 0 Å². The van der Waals surface area contributed by atoms with Crippen molar-refractivity contribution in [1.82, 2.24) is 15.2 Å². The summed E-state index contributed by atoms with van der Waals surface area (Å²) < 4.78 is 0. The zero-order valence-electron chi connectivity index (χ0n) is 12.7. The number of pyridine rings is 1. The van der Waals surface area contributed by atoms with Gasteiger partial charge < -0.3 is 5.32 Å². The monoisotopic (exact) mass is 296 g/mol. The molecule has 0 saturated carbocycles. The first-order chi connectivity index (χ1) is 10.7. The number of rotatable bonds is 3. The third kappa shape index (κ3) is 3.24. The van der Waals surface area contributed by atoms with Crippen LogP contribution < -0.4 is 5.32 Å². The van der Waals surface area contributed by atoms with Crippen LogP contribution in [0.4, 0.5) is 5.69 Å². The van der Waals surface area contributed by atoms with Gasteiger partial charge in [0, 0.05) is 6.20 Å². The van der Waals surface area contributed by atoms with E-state index in [9.17, 15) is 4.79 Å². The fourth-order valence-corrected chi connectivity index (χ4v) is 2.67. The zero-order chi connectivity index (χ0) is 15.4. The summed E-state index contributed by atoms with van der Waals surface area (Å²) in [6.45, 7) is 1.90. The fourth-order valence-electron chi connectivity index (χ4n) is 2.67. The second kappa shape index (κ2) is 6.56. The Morgan fingerprint density at radius 3 is 3.00 bits per heavy atom.